The molecule has 106 valence electrons. The standard InChI is InChI=1S/C16H21N3O/c1-16(2,3)11-5-6-14(20-4)12(9-11)13-7-8-18-15(10-17)19-13/h5-9H,10,17H2,1-4H3. The highest BCUT2D eigenvalue weighted by Gasteiger charge is 2.17. The van der Waals surface area contributed by atoms with Crippen LogP contribution < -0.4 is 10.5 Å². The van der Waals surface area contributed by atoms with Gasteiger partial charge in [-0.25, -0.2) is 9.97 Å². The molecule has 0 spiro atoms. The van der Waals surface area contributed by atoms with Crippen LogP contribution in [0.15, 0.2) is 30.5 Å². The highest BCUT2D eigenvalue weighted by Crippen LogP contribution is 2.33. The summed E-state index contributed by atoms with van der Waals surface area (Å²) in [4.78, 5) is 8.61. The number of ether oxygens (including phenoxy) is 1. The molecule has 1 heterocycles. The smallest absolute Gasteiger partial charge is 0.142 e. The van der Waals surface area contributed by atoms with Crippen molar-refractivity contribution in [2.45, 2.75) is 32.7 Å². The van der Waals surface area contributed by atoms with Gasteiger partial charge in [0.1, 0.15) is 11.6 Å². The van der Waals surface area contributed by atoms with Crippen molar-refractivity contribution in [2.24, 2.45) is 5.73 Å². The number of nitrogens with two attached hydrogens (primary N) is 1. The average molecular weight is 271 g/mol. The Morgan fingerprint density at radius 2 is 1.95 bits per heavy atom. The van der Waals surface area contributed by atoms with E-state index >= 15 is 0 Å². The Morgan fingerprint density at radius 3 is 2.55 bits per heavy atom. The highest BCUT2D eigenvalue weighted by molar-refractivity contribution is 5.68. The maximum absolute atomic E-state index is 5.61. The first-order valence-corrected chi connectivity index (χ1v) is 6.66. The lowest BCUT2D eigenvalue weighted by molar-refractivity contribution is 0.415. The van der Waals surface area contributed by atoms with E-state index < -0.39 is 0 Å². The van der Waals surface area contributed by atoms with Crippen LogP contribution in [0.3, 0.4) is 0 Å². The van der Waals surface area contributed by atoms with Crippen LogP contribution in [-0.2, 0) is 12.0 Å². The number of benzene rings is 1. The summed E-state index contributed by atoms with van der Waals surface area (Å²) >= 11 is 0. The zero-order valence-electron chi connectivity index (χ0n) is 12.5. The van der Waals surface area contributed by atoms with Gasteiger partial charge < -0.3 is 10.5 Å². The molecule has 1 aromatic carbocycles. The van der Waals surface area contributed by atoms with Crippen LogP contribution in [-0.4, -0.2) is 17.1 Å². The molecule has 0 atom stereocenters. The fourth-order valence-electron chi connectivity index (χ4n) is 2.02. The summed E-state index contributed by atoms with van der Waals surface area (Å²) in [6.45, 7) is 6.88. The first-order chi connectivity index (χ1) is 9.45. The third-order valence-corrected chi connectivity index (χ3v) is 3.23. The van der Waals surface area contributed by atoms with Crippen molar-refractivity contribution in [1.82, 2.24) is 9.97 Å². The Morgan fingerprint density at radius 1 is 1.20 bits per heavy atom. The molecule has 0 aliphatic carbocycles. The molecular weight excluding hydrogens is 250 g/mol. The SMILES string of the molecule is COc1ccc(C(C)(C)C)cc1-c1ccnc(CN)n1. The zero-order chi connectivity index (χ0) is 14.8. The number of rotatable bonds is 3. The number of hydrogen-bond donors (Lipinski definition) is 1. The molecule has 0 saturated heterocycles. The second kappa shape index (κ2) is 5.59. The van der Waals surface area contributed by atoms with Crippen molar-refractivity contribution < 1.29 is 4.74 Å². The number of hydrogen-bond acceptors (Lipinski definition) is 4. The molecule has 0 amide bonds. The lowest BCUT2D eigenvalue weighted by Crippen LogP contribution is -2.11. The number of methoxy groups -OCH3 is 1. The minimum Gasteiger partial charge on any atom is -0.496 e. The van der Waals surface area contributed by atoms with Crippen LogP contribution in [0.5, 0.6) is 5.75 Å². The fourth-order valence-corrected chi connectivity index (χ4v) is 2.02. The second-order valence-electron chi connectivity index (χ2n) is 5.73. The molecule has 0 aliphatic rings. The van der Waals surface area contributed by atoms with E-state index in [1.807, 2.05) is 12.1 Å². The summed E-state index contributed by atoms with van der Waals surface area (Å²) in [5.41, 5.74) is 8.73. The Kier molecular flexibility index (Phi) is 4.04. The van der Waals surface area contributed by atoms with Crippen molar-refractivity contribution >= 4 is 0 Å². The van der Waals surface area contributed by atoms with Crippen molar-refractivity contribution in [3.05, 3.63) is 41.9 Å². The number of aromatic nitrogens is 2. The van der Waals surface area contributed by atoms with Gasteiger partial charge in [0.2, 0.25) is 0 Å². The molecular formula is C16H21N3O. The molecule has 0 radical (unpaired) electrons. The zero-order valence-corrected chi connectivity index (χ0v) is 12.5. The van der Waals surface area contributed by atoms with Gasteiger partial charge in [-0.2, -0.15) is 0 Å². The van der Waals surface area contributed by atoms with E-state index in [1.165, 1.54) is 5.56 Å². The molecule has 2 rings (SSSR count). The van der Waals surface area contributed by atoms with Gasteiger partial charge in [-0.05, 0) is 29.2 Å². The van der Waals surface area contributed by atoms with E-state index in [4.69, 9.17) is 10.5 Å². The largest absolute Gasteiger partial charge is 0.496 e. The van der Waals surface area contributed by atoms with Crippen molar-refractivity contribution in [3.63, 3.8) is 0 Å². The van der Waals surface area contributed by atoms with E-state index in [-0.39, 0.29) is 5.41 Å². The summed E-state index contributed by atoms with van der Waals surface area (Å²) in [6.07, 6.45) is 1.73. The van der Waals surface area contributed by atoms with Gasteiger partial charge in [0.05, 0.1) is 19.3 Å². The monoisotopic (exact) mass is 271 g/mol. The van der Waals surface area contributed by atoms with E-state index in [0.717, 1.165) is 17.0 Å². The van der Waals surface area contributed by atoms with Crippen molar-refractivity contribution in [3.8, 4) is 17.0 Å². The van der Waals surface area contributed by atoms with Crippen LogP contribution in [0.25, 0.3) is 11.3 Å². The van der Waals surface area contributed by atoms with Gasteiger partial charge >= 0.3 is 0 Å². The van der Waals surface area contributed by atoms with Crippen LogP contribution in [0.4, 0.5) is 0 Å². The number of nitrogens with zero attached hydrogens (tertiary/aromatic N) is 2. The van der Waals surface area contributed by atoms with Crippen LogP contribution >= 0.6 is 0 Å². The molecule has 0 aliphatic heterocycles. The molecule has 2 aromatic rings. The molecule has 4 nitrogen and oxygen atoms in total. The Labute approximate surface area is 120 Å². The topological polar surface area (TPSA) is 61.0 Å². The van der Waals surface area contributed by atoms with E-state index in [0.29, 0.717) is 12.4 Å². The minimum atomic E-state index is 0.0742. The van der Waals surface area contributed by atoms with Crippen LogP contribution in [0.2, 0.25) is 0 Å². The quantitative estimate of drug-likeness (QED) is 0.932. The predicted octanol–water partition coefficient (Wildman–Crippen LogP) is 2.91. The average Bonchev–Trinajstić information content (AvgIpc) is 2.45. The first kappa shape index (κ1) is 14.5. The molecule has 4 heteroatoms. The van der Waals surface area contributed by atoms with E-state index in [2.05, 4.69) is 42.9 Å². The van der Waals surface area contributed by atoms with Crippen LogP contribution in [0.1, 0.15) is 32.2 Å². The summed E-state index contributed by atoms with van der Waals surface area (Å²) < 4.78 is 5.45. The van der Waals surface area contributed by atoms with E-state index in [9.17, 15) is 0 Å². The maximum atomic E-state index is 5.61. The molecule has 0 fully saturated rings. The Hall–Kier alpha value is -1.94. The normalized spacial score (nSPS) is 11.4. The maximum Gasteiger partial charge on any atom is 0.142 e. The lowest BCUT2D eigenvalue weighted by Gasteiger charge is -2.21. The van der Waals surface area contributed by atoms with Gasteiger partial charge in [0, 0.05) is 11.8 Å². The second-order valence-corrected chi connectivity index (χ2v) is 5.73. The van der Waals surface area contributed by atoms with Gasteiger partial charge in [-0.3, -0.25) is 0 Å². The van der Waals surface area contributed by atoms with Gasteiger partial charge in [-0.1, -0.05) is 26.8 Å². The third-order valence-electron chi connectivity index (χ3n) is 3.23. The summed E-state index contributed by atoms with van der Waals surface area (Å²) in [6, 6.07) is 8.08. The summed E-state index contributed by atoms with van der Waals surface area (Å²) in [5.74, 6) is 1.44. The molecule has 0 unspecified atom stereocenters. The Balaban J connectivity index is 2.58. The van der Waals surface area contributed by atoms with Gasteiger partial charge in [-0.15, -0.1) is 0 Å². The molecule has 2 N–H and O–H groups in total. The minimum absolute atomic E-state index is 0.0742. The molecule has 1 aromatic heterocycles. The summed E-state index contributed by atoms with van der Waals surface area (Å²) in [7, 11) is 1.67. The highest BCUT2D eigenvalue weighted by atomic mass is 16.5. The Bertz CT molecular complexity index is 603. The third kappa shape index (κ3) is 2.96. The van der Waals surface area contributed by atoms with Gasteiger partial charge in [0.15, 0.2) is 0 Å². The molecule has 0 saturated carbocycles. The van der Waals surface area contributed by atoms with E-state index in [1.54, 1.807) is 13.3 Å². The van der Waals surface area contributed by atoms with Crippen molar-refractivity contribution in [1.29, 1.82) is 0 Å². The summed E-state index contributed by atoms with van der Waals surface area (Å²) in [5, 5.41) is 0. The first-order valence-electron chi connectivity index (χ1n) is 6.66. The van der Waals surface area contributed by atoms with Gasteiger partial charge in [0.25, 0.3) is 0 Å². The van der Waals surface area contributed by atoms with Crippen LogP contribution in [0, 0.1) is 0 Å². The van der Waals surface area contributed by atoms with Crippen molar-refractivity contribution in [2.75, 3.05) is 7.11 Å². The fraction of sp³-hybridized carbons (Fsp3) is 0.375. The molecule has 0 bridgehead atoms. The predicted molar refractivity (Wildman–Crippen MR) is 80.6 cm³/mol. The molecule has 20 heavy (non-hydrogen) atoms. The lowest BCUT2D eigenvalue weighted by atomic mass is 9.85.